The number of aryl methyl sites for hydroxylation is 1. The summed E-state index contributed by atoms with van der Waals surface area (Å²) in [5.41, 5.74) is -0.799. The third-order valence-electron chi connectivity index (χ3n) is 2.05. The molecule has 0 bridgehead atoms. The first-order valence-electron chi connectivity index (χ1n) is 4.32. The van der Waals surface area contributed by atoms with Gasteiger partial charge in [-0.25, -0.2) is 9.36 Å². The van der Waals surface area contributed by atoms with Crippen LogP contribution in [-0.4, -0.2) is 14.3 Å². The highest BCUT2D eigenvalue weighted by Crippen LogP contribution is 2.03. The molecule has 0 aliphatic carbocycles. The summed E-state index contributed by atoms with van der Waals surface area (Å²) in [4.78, 5) is 22.8. The largest absolute Gasteiger partial charge is 0.360 e. The Balaban J connectivity index is 2.70. The van der Waals surface area contributed by atoms with Gasteiger partial charge in [0.15, 0.2) is 5.82 Å². The molecule has 0 N–H and O–H groups in total. The fraction of sp³-hybridized carbons (Fsp3) is 0.222. The summed E-state index contributed by atoms with van der Waals surface area (Å²) in [6.07, 6.45) is 1.38. The molecule has 0 saturated carbocycles. The first-order chi connectivity index (χ1) is 7.09. The van der Waals surface area contributed by atoms with Gasteiger partial charge in [-0.3, -0.25) is 9.36 Å². The lowest BCUT2D eigenvalue weighted by Crippen LogP contribution is -2.36. The Morgan fingerprint density at radius 2 is 2.13 bits per heavy atom. The predicted molar refractivity (Wildman–Crippen MR) is 52.1 cm³/mol. The van der Waals surface area contributed by atoms with Crippen molar-refractivity contribution in [3.8, 4) is 5.82 Å². The van der Waals surface area contributed by atoms with Gasteiger partial charge >= 0.3 is 5.69 Å². The van der Waals surface area contributed by atoms with E-state index in [-0.39, 0.29) is 5.56 Å². The van der Waals surface area contributed by atoms with Crippen LogP contribution >= 0.6 is 0 Å². The van der Waals surface area contributed by atoms with Crippen LogP contribution in [0.4, 0.5) is 0 Å². The molecule has 0 unspecified atom stereocenters. The van der Waals surface area contributed by atoms with E-state index in [1.54, 1.807) is 13.0 Å². The third kappa shape index (κ3) is 1.50. The van der Waals surface area contributed by atoms with Gasteiger partial charge < -0.3 is 4.52 Å². The predicted octanol–water partition coefficient (Wildman–Crippen LogP) is -0.167. The fourth-order valence-corrected chi connectivity index (χ4v) is 1.21. The molecular weight excluding hydrogens is 198 g/mol. The van der Waals surface area contributed by atoms with Crippen LogP contribution in [0.1, 0.15) is 5.76 Å². The normalized spacial score (nSPS) is 10.5. The monoisotopic (exact) mass is 207 g/mol. The molecule has 78 valence electrons. The van der Waals surface area contributed by atoms with Gasteiger partial charge in [0.05, 0.1) is 0 Å². The van der Waals surface area contributed by atoms with Crippen molar-refractivity contribution in [2.75, 3.05) is 0 Å². The number of hydrogen-bond acceptors (Lipinski definition) is 4. The van der Waals surface area contributed by atoms with E-state index in [4.69, 9.17) is 4.52 Å². The van der Waals surface area contributed by atoms with Gasteiger partial charge in [0.1, 0.15) is 5.76 Å². The zero-order chi connectivity index (χ0) is 11.0. The molecule has 0 fully saturated rings. The summed E-state index contributed by atoms with van der Waals surface area (Å²) < 4.78 is 7.10. The Morgan fingerprint density at radius 3 is 2.73 bits per heavy atom. The number of aromatic nitrogens is 3. The van der Waals surface area contributed by atoms with E-state index in [1.807, 2.05) is 0 Å². The van der Waals surface area contributed by atoms with E-state index >= 15 is 0 Å². The standard InChI is InChI=1S/C9H9N3O3/c1-6-5-7(10-15-6)12-4-3-8(13)11(2)9(12)14/h3-5H,1-2H3. The summed E-state index contributed by atoms with van der Waals surface area (Å²) in [5, 5.41) is 3.69. The highest BCUT2D eigenvalue weighted by Gasteiger charge is 2.06. The molecule has 0 spiro atoms. The summed E-state index contributed by atoms with van der Waals surface area (Å²) >= 11 is 0. The van der Waals surface area contributed by atoms with Gasteiger partial charge in [0.2, 0.25) is 0 Å². The van der Waals surface area contributed by atoms with Crippen molar-refractivity contribution >= 4 is 0 Å². The fourth-order valence-electron chi connectivity index (χ4n) is 1.21. The van der Waals surface area contributed by atoms with Gasteiger partial charge in [-0.05, 0) is 6.92 Å². The summed E-state index contributed by atoms with van der Waals surface area (Å²) in [7, 11) is 1.41. The van der Waals surface area contributed by atoms with E-state index in [1.165, 1.54) is 23.9 Å². The molecule has 2 aromatic rings. The lowest BCUT2D eigenvalue weighted by molar-refractivity contribution is 0.394. The smallest absolute Gasteiger partial charge is 0.336 e. The Bertz CT molecular complexity index is 606. The molecule has 0 aliphatic heterocycles. The first-order valence-corrected chi connectivity index (χ1v) is 4.32. The average Bonchev–Trinajstić information content (AvgIpc) is 2.61. The maximum Gasteiger partial charge on any atom is 0.336 e. The van der Waals surface area contributed by atoms with Crippen molar-refractivity contribution in [1.82, 2.24) is 14.3 Å². The van der Waals surface area contributed by atoms with Crippen LogP contribution < -0.4 is 11.2 Å². The van der Waals surface area contributed by atoms with Crippen LogP contribution in [0.3, 0.4) is 0 Å². The van der Waals surface area contributed by atoms with Crippen LogP contribution in [-0.2, 0) is 7.05 Å². The lowest BCUT2D eigenvalue weighted by Gasteiger charge is -2.01. The molecule has 0 radical (unpaired) electrons. The number of nitrogens with zero attached hydrogens (tertiary/aromatic N) is 3. The van der Waals surface area contributed by atoms with Gasteiger partial charge in [-0.2, -0.15) is 0 Å². The Labute approximate surface area is 84.4 Å². The minimum Gasteiger partial charge on any atom is -0.360 e. The lowest BCUT2D eigenvalue weighted by atomic mass is 10.5. The quantitative estimate of drug-likeness (QED) is 0.651. The van der Waals surface area contributed by atoms with Crippen LogP contribution in [0.25, 0.3) is 5.82 Å². The van der Waals surface area contributed by atoms with Gasteiger partial charge in [-0.1, -0.05) is 5.16 Å². The molecule has 0 aliphatic rings. The van der Waals surface area contributed by atoms with Crippen molar-refractivity contribution in [2.24, 2.45) is 7.05 Å². The van der Waals surface area contributed by atoms with Crippen molar-refractivity contribution < 1.29 is 4.52 Å². The second-order valence-corrected chi connectivity index (χ2v) is 3.16. The van der Waals surface area contributed by atoms with E-state index in [0.29, 0.717) is 11.6 Å². The zero-order valence-corrected chi connectivity index (χ0v) is 8.30. The molecule has 2 rings (SSSR count). The summed E-state index contributed by atoms with van der Waals surface area (Å²) in [6.45, 7) is 1.73. The van der Waals surface area contributed by atoms with Crippen LogP contribution in [0.2, 0.25) is 0 Å². The average molecular weight is 207 g/mol. The molecule has 6 heteroatoms. The van der Waals surface area contributed by atoms with E-state index in [0.717, 1.165) is 4.57 Å². The van der Waals surface area contributed by atoms with Crippen molar-refractivity contribution in [1.29, 1.82) is 0 Å². The van der Waals surface area contributed by atoms with E-state index in [9.17, 15) is 9.59 Å². The molecule has 0 saturated heterocycles. The molecule has 2 aromatic heterocycles. The molecule has 0 atom stereocenters. The second-order valence-electron chi connectivity index (χ2n) is 3.16. The number of rotatable bonds is 1. The molecular formula is C9H9N3O3. The van der Waals surface area contributed by atoms with Crippen LogP contribution in [0.5, 0.6) is 0 Å². The molecule has 0 aromatic carbocycles. The van der Waals surface area contributed by atoms with Crippen molar-refractivity contribution in [2.45, 2.75) is 6.92 Å². The number of hydrogen-bond donors (Lipinski definition) is 0. The second kappa shape index (κ2) is 3.23. The molecule has 15 heavy (non-hydrogen) atoms. The summed E-state index contributed by atoms with van der Waals surface area (Å²) in [6, 6.07) is 2.91. The van der Waals surface area contributed by atoms with Crippen molar-refractivity contribution in [3.63, 3.8) is 0 Å². The topological polar surface area (TPSA) is 70.0 Å². The minimum atomic E-state index is -0.448. The van der Waals surface area contributed by atoms with Crippen molar-refractivity contribution in [3.05, 3.63) is 44.9 Å². The Kier molecular flexibility index (Phi) is 2.03. The maximum atomic E-state index is 11.6. The molecule has 6 nitrogen and oxygen atoms in total. The summed E-state index contributed by atoms with van der Waals surface area (Å²) in [5.74, 6) is 0.971. The highest BCUT2D eigenvalue weighted by molar-refractivity contribution is 5.21. The van der Waals surface area contributed by atoms with Gasteiger partial charge in [0, 0.05) is 25.4 Å². The molecule has 2 heterocycles. The first kappa shape index (κ1) is 9.45. The van der Waals surface area contributed by atoms with Crippen LogP contribution in [0.15, 0.2) is 32.4 Å². The van der Waals surface area contributed by atoms with Crippen LogP contribution in [0, 0.1) is 6.92 Å². The van der Waals surface area contributed by atoms with E-state index < -0.39 is 5.69 Å². The van der Waals surface area contributed by atoms with Gasteiger partial charge in [-0.15, -0.1) is 0 Å². The maximum absolute atomic E-state index is 11.6. The van der Waals surface area contributed by atoms with E-state index in [2.05, 4.69) is 5.16 Å². The highest BCUT2D eigenvalue weighted by atomic mass is 16.5. The third-order valence-corrected chi connectivity index (χ3v) is 2.05. The SMILES string of the molecule is Cc1cc(-n2ccc(=O)n(C)c2=O)no1. The Morgan fingerprint density at radius 1 is 1.40 bits per heavy atom. The zero-order valence-electron chi connectivity index (χ0n) is 8.30. The van der Waals surface area contributed by atoms with Gasteiger partial charge in [0.25, 0.3) is 5.56 Å². The minimum absolute atomic E-state index is 0.350. The molecule has 0 amide bonds. The Hall–Kier alpha value is -2.11.